The van der Waals surface area contributed by atoms with Gasteiger partial charge in [0.1, 0.15) is 15.4 Å². The van der Waals surface area contributed by atoms with E-state index in [2.05, 4.69) is 0 Å². The normalized spacial score (nSPS) is 14.9. The molecule has 0 heterocycles. The van der Waals surface area contributed by atoms with Crippen LogP contribution in [0.1, 0.15) is 10.4 Å². The van der Waals surface area contributed by atoms with E-state index in [1.165, 1.54) is 0 Å². The van der Waals surface area contributed by atoms with Gasteiger partial charge in [-0.2, -0.15) is 8.42 Å². The van der Waals surface area contributed by atoms with Crippen LogP contribution in [0.3, 0.4) is 0 Å². The van der Waals surface area contributed by atoms with Gasteiger partial charge >= 0.3 is 0 Å². The Labute approximate surface area is 88.5 Å². The zero-order valence-corrected chi connectivity index (χ0v) is 12.0. The van der Waals surface area contributed by atoms with Crippen LogP contribution < -0.4 is 0 Å². The molecule has 0 aliphatic carbocycles. The van der Waals surface area contributed by atoms with Gasteiger partial charge in [0, 0.05) is 0 Å². The molecule has 0 saturated carbocycles. The minimum Gasteiger partial charge on any atom is -0.467 e. The van der Waals surface area contributed by atoms with Crippen LogP contribution in [0.15, 0.2) is 30.3 Å². The Morgan fingerprint density at radius 2 is 1.93 bits per heavy atom. The topological polar surface area (TPSA) is 63.6 Å². The Bertz CT molecular complexity index is 378. The molecule has 4 nitrogen and oxygen atoms in total. The van der Waals surface area contributed by atoms with E-state index in [0.717, 1.165) is 0 Å². The molecule has 0 bridgehead atoms. The molecule has 0 aliphatic rings. The lowest BCUT2D eigenvalue weighted by Crippen LogP contribution is -2.20. The van der Waals surface area contributed by atoms with E-state index in [4.69, 9.17) is 8.67 Å². The number of hydrogen-bond donors (Lipinski definition) is 1. The first-order valence-electron chi connectivity index (χ1n) is 4.06. The number of rotatable bonds is 4. The largest absolute Gasteiger partial charge is 0.467 e. The van der Waals surface area contributed by atoms with Crippen molar-refractivity contribution in [2.45, 2.75) is 4.87 Å². The highest BCUT2D eigenvalue weighted by Crippen LogP contribution is 2.19. The van der Waals surface area contributed by atoms with Crippen molar-refractivity contribution in [1.82, 2.24) is 0 Å². The van der Waals surface area contributed by atoms with Crippen LogP contribution in [0.25, 0.3) is 0 Å². The molecule has 0 aromatic heterocycles. The summed E-state index contributed by atoms with van der Waals surface area (Å²) in [5.74, 6) is 0. The van der Waals surface area contributed by atoms with Crippen molar-refractivity contribution in [3.63, 3.8) is 0 Å². The SMILES string of the molecule is O=S(=O)(O)C([SiH2]O[SiH3])c1ccccc1. The number of benzene rings is 1. The summed E-state index contributed by atoms with van der Waals surface area (Å²) < 4.78 is 36.1. The Hall–Kier alpha value is -0.476. The molecule has 1 N–H and O–H groups in total. The molecular weight excluding hydrogens is 236 g/mol. The first-order chi connectivity index (χ1) is 6.55. The van der Waals surface area contributed by atoms with Crippen LogP contribution in [0.2, 0.25) is 0 Å². The van der Waals surface area contributed by atoms with Gasteiger partial charge in [0.25, 0.3) is 10.1 Å². The van der Waals surface area contributed by atoms with E-state index in [9.17, 15) is 8.42 Å². The Morgan fingerprint density at radius 1 is 1.36 bits per heavy atom. The summed E-state index contributed by atoms with van der Waals surface area (Å²) in [6.07, 6.45) is 0. The van der Waals surface area contributed by atoms with Crippen molar-refractivity contribution in [3.05, 3.63) is 35.9 Å². The van der Waals surface area contributed by atoms with E-state index >= 15 is 0 Å². The molecule has 1 unspecified atom stereocenters. The second-order valence-corrected chi connectivity index (χ2v) is 8.52. The highest BCUT2D eigenvalue weighted by atomic mass is 32.2. The van der Waals surface area contributed by atoms with Gasteiger partial charge in [-0.1, -0.05) is 30.3 Å². The van der Waals surface area contributed by atoms with E-state index in [1.54, 1.807) is 30.3 Å². The van der Waals surface area contributed by atoms with Crippen LogP contribution in [0.4, 0.5) is 0 Å². The predicted octanol–water partition coefficient (Wildman–Crippen LogP) is -1.05. The highest BCUT2D eigenvalue weighted by Gasteiger charge is 2.24. The lowest BCUT2D eigenvalue weighted by Gasteiger charge is -2.12. The molecule has 0 amide bonds. The summed E-state index contributed by atoms with van der Waals surface area (Å²) in [7, 11) is -4.76. The molecule has 0 aliphatic heterocycles. The monoisotopic (exact) mass is 248 g/mol. The van der Waals surface area contributed by atoms with Gasteiger partial charge in [0.05, 0.1) is 0 Å². The Kier molecular flexibility index (Phi) is 4.02. The summed E-state index contributed by atoms with van der Waals surface area (Å²) >= 11 is 0. The summed E-state index contributed by atoms with van der Waals surface area (Å²) in [6.45, 7) is 0. The van der Waals surface area contributed by atoms with Gasteiger partial charge in [0.2, 0.25) is 0 Å². The van der Waals surface area contributed by atoms with Gasteiger partial charge in [-0.05, 0) is 5.56 Å². The van der Waals surface area contributed by atoms with E-state index in [-0.39, 0.29) is 0 Å². The fourth-order valence-corrected chi connectivity index (χ4v) is 5.26. The fraction of sp³-hybridized carbons (Fsp3) is 0.143. The highest BCUT2D eigenvalue weighted by molar-refractivity contribution is 7.87. The van der Waals surface area contributed by atoms with Crippen molar-refractivity contribution in [1.29, 1.82) is 0 Å². The molecule has 1 aromatic carbocycles. The minimum absolute atomic E-state index is 0.508. The van der Waals surface area contributed by atoms with Gasteiger partial charge in [-0.25, -0.2) is 0 Å². The van der Waals surface area contributed by atoms with Crippen LogP contribution in [-0.2, 0) is 14.2 Å². The van der Waals surface area contributed by atoms with Crippen molar-refractivity contribution in [2.24, 2.45) is 0 Å². The minimum atomic E-state index is -4.02. The second-order valence-electron chi connectivity index (χ2n) is 2.87. The van der Waals surface area contributed by atoms with Gasteiger partial charge < -0.3 is 4.12 Å². The Balaban J connectivity index is 3.02. The fourth-order valence-electron chi connectivity index (χ4n) is 1.17. The zero-order valence-electron chi connectivity index (χ0n) is 7.75. The quantitative estimate of drug-likeness (QED) is 0.546. The van der Waals surface area contributed by atoms with E-state index in [1.807, 2.05) is 0 Å². The third kappa shape index (κ3) is 3.03. The van der Waals surface area contributed by atoms with Crippen molar-refractivity contribution in [3.8, 4) is 0 Å². The maximum atomic E-state index is 11.0. The third-order valence-corrected chi connectivity index (χ3v) is 6.62. The third-order valence-electron chi connectivity index (χ3n) is 1.85. The maximum Gasteiger partial charge on any atom is 0.271 e. The van der Waals surface area contributed by atoms with Crippen molar-refractivity contribution >= 4 is 30.4 Å². The standard InChI is InChI=1S/C7H12O4SSi2/c8-12(9,10)7(14-11-13)6-4-2-1-3-5-6/h1-5,7H,14H2,13H3,(H,8,9,10). The van der Waals surface area contributed by atoms with Crippen LogP contribution in [-0.4, -0.2) is 33.2 Å². The lowest BCUT2D eigenvalue weighted by molar-refractivity contribution is 0.477. The average molecular weight is 248 g/mol. The summed E-state index contributed by atoms with van der Waals surface area (Å²) in [4.78, 5) is -0.832. The molecule has 0 saturated heterocycles. The first-order valence-corrected chi connectivity index (χ1v) is 7.77. The molecule has 1 rings (SSSR count). The maximum absolute atomic E-state index is 11.0. The van der Waals surface area contributed by atoms with Crippen molar-refractivity contribution in [2.75, 3.05) is 0 Å². The lowest BCUT2D eigenvalue weighted by atomic mass is 10.2. The van der Waals surface area contributed by atoms with Gasteiger partial charge in [0.15, 0.2) is 9.76 Å². The number of hydrogen-bond acceptors (Lipinski definition) is 3. The van der Waals surface area contributed by atoms with Gasteiger partial charge in [-0.3, -0.25) is 4.55 Å². The summed E-state index contributed by atoms with van der Waals surface area (Å²) in [5.41, 5.74) is 0.609. The second kappa shape index (κ2) is 4.85. The van der Waals surface area contributed by atoms with Gasteiger partial charge in [-0.15, -0.1) is 0 Å². The summed E-state index contributed by atoms with van der Waals surface area (Å²) in [6, 6.07) is 8.66. The predicted molar refractivity (Wildman–Crippen MR) is 60.3 cm³/mol. The zero-order chi connectivity index (χ0) is 10.6. The molecule has 1 aromatic rings. The molecule has 7 heteroatoms. The van der Waals surface area contributed by atoms with Crippen molar-refractivity contribution < 1.29 is 17.1 Å². The molecule has 1 atom stereocenters. The average Bonchev–Trinajstić information content (AvgIpc) is 2.14. The Morgan fingerprint density at radius 3 is 2.36 bits per heavy atom. The summed E-state index contributed by atoms with van der Waals surface area (Å²) in [5, 5.41) is 0. The molecule has 78 valence electrons. The smallest absolute Gasteiger partial charge is 0.271 e. The molecule has 0 radical (unpaired) electrons. The molecular formula is C7H12O4SSi2. The van der Waals surface area contributed by atoms with E-state index in [0.29, 0.717) is 16.0 Å². The van der Waals surface area contributed by atoms with Crippen LogP contribution in [0, 0.1) is 0 Å². The van der Waals surface area contributed by atoms with E-state index < -0.39 is 24.8 Å². The van der Waals surface area contributed by atoms with Crippen LogP contribution >= 0.6 is 0 Å². The molecule has 0 spiro atoms. The molecule has 14 heavy (non-hydrogen) atoms. The first kappa shape index (κ1) is 11.6. The van der Waals surface area contributed by atoms with Crippen LogP contribution in [0.5, 0.6) is 0 Å². The molecule has 0 fully saturated rings.